The molecule has 1 heterocycles. The summed E-state index contributed by atoms with van der Waals surface area (Å²) in [4.78, 5) is 16.2. The Labute approximate surface area is 105 Å². The summed E-state index contributed by atoms with van der Waals surface area (Å²) in [6.45, 7) is 3.41. The summed E-state index contributed by atoms with van der Waals surface area (Å²) in [5.41, 5.74) is 2.33. The van der Waals surface area contributed by atoms with Crippen molar-refractivity contribution in [3.63, 3.8) is 0 Å². The van der Waals surface area contributed by atoms with Crippen molar-refractivity contribution in [2.24, 2.45) is 0 Å². The van der Waals surface area contributed by atoms with Crippen LogP contribution in [0.4, 0.5) is 4.39 Å². The van der Waals surface area contributed by atoms with Crippen LogP contribution in [-0.2, 0) is 4.79 Å². The molecule has 0 aliphatic carbocycles. The first-order valence-corrected chi connectivity index (χ1v) is 5.77. The lowest BCUT2D eigenvalue weighted by atomic mass is 9.91. The van der Waals surface area contributed by atoms with Crippen LogP contribution in [-0.4, -0.2) is 10.8 Å². The predicted molar refractivity (Wildman–Crippen MR) is 67.9 cm³/mol. The molecule has 92 valence electrons. The molecule has 0 aliphatic heterocycles. The summed E-state index contributed by atoms with van der Waals surface area (Å²) in [5, 5.41) is 0. The summed E-state index contributed by atoms with van der Waals surface area (Å²) < 4.78 is 12.9. The van der Waals surface area contributed by atoms with Gasteiger partial charge in [-0.3, -0.25) is 9.78 Å². The van der Waals surface area contributed by atoms with E-state index in [1.54, 1.807) is 12.1 Å². The zero-order valence-corrected chi connectivity index (χ0v) is 10.4. The number of hydrogen-bond acceptors (Lipinski definition) is 2. The Balaban J connectivity index is 2.46. The molecule has 0 radical (unpaired) electrons. The largest absolute Gasteiger partial charge is 0.299 e. The fraction of sp³-hybridized carbons (Fsp3) is 0.200. The Morgan fingerprint density at radius 3 is 2.39 bits per heavy atom. The molecule has 2 nitrogen and oxygen atoms in total. The third kappa shape index (κ3) is 2.62. The number of halogens is 1. The van der Waals surface area contributed by atoms with Crippen molar-refractivity contribution in [2.45, 2.75) is 19.8 Å². The summed E-state index contributed by atoms with van der Waals surface area (Å²) in [6.07, 6.45) is 0. The van der Waals surface area contributed by atoms with Gasteiger partial charge in [0.05, 0.1) is 11.6 Å². The molecular weight excluding hydrogens is 229 g/mol. The van der Waals surface area contributed by atoms with E-state index in [2.05, 4.69) is 4.98 Å². The number of carbonyl (C=O) groups is 1. The lowest BCUT2D eigenvalue weighted by molar-refractivity contribution is -0.117. The lowest BCUT2D eigenvalue weighted by Crippen LogP contribution is -2.12. The van der Waals surface area contributed by atoms with Crippen molar-refractivity contribution in [2.75, 3.05) is 0 Å². The van der Waals surface area contributed by atoms with Crippen LogP contribution in [0.3, 0.4) is 0 Å². The van der Waals surface area contributed by atoms with Gasteiger partial charge in [-0.15, -0.1) is 0 Å². The van der Waals surface area contributed by atoms with E-state index in [4.69, 9.17) is 0 Å². The van der Waals surface area contributed by atoms with E-state index in [0.29, 0.717) is 5.69 Å². The number of benzene rings is 1. The molecule has 0 amide bonds. The number of carbonyl (C=O) groups excluding carboxylic acids is 1. The highest BCUT2D eigenvalue weighted by molar-refractivity contribution is 5.86. The molecule has 1 aromatic heterocycles. The van der Waals surface area contributed by atoms with E-state index in [1.165, 1.54) is 19.1 Å². The van der Waals surface area contributed by atoms with E-state index < -0.39 is 5.92 Å². The van der Waals surface area contributed by atoms with Gasteiger partial charge in [-0.1, -0.05) is 18.2 Å². The minimum absolute atomic E-state index is 0.000270. The van der Waals surface area contributed by atoms with E-state index in [0.717, 1.165) is 11.3 Å². The number of hydrogen-bond donors (Lipinski definition) is 0. The van der Waals surface area contributed by atoms with Gasteiger partial charge in [0.2, 0.25) is 0 Å². The first kappa shape index (κ1) is 12.4. The summed E-state index contributed by atoms with van der Waals surface area (Å²) in [5.74, 6) is -0.733. The van der Waals surface area contributed by atoms with Crippen molar-refractivity contribution in [1.29, 1.82) is 0 Å². The lowest BCUT2D eigenvalue weighted by Gasteiger charge is -2.14. The van der Waals surface area contributed by atoms with Gasteiger partial charge < -0.3 is 0 Å². The number of ketones is 1. The Hall–Kier alpha value is -2.03. The van der Waals surface area contributed by atoms with Gasteiger partial charge in [-0.2, -0.15) is 0 Å². The average molecular weight is 243 g/mol. The molecule has 2 rings (SSSR count). The van der Waals surface area contributed by atoms with Crippen LogP contribution in [0, 0.1) is 12.7 Å². The first-order valence-electron chi connectivity index (χ1n) is 5.77. The van der Waals surface area contributed by atoms with Crippen molar-refractivity contribution >= 4 is 5.78 Å². The van der Waals surface area contributed by atoms with Crippen LogP contribution < -0.4 is 0 Å². The molecule has 2 aromatic rings. The molecule has 0 saturated heterocycles. The first-order chi connectivity index (χ1) is 8.58. The quantitative estimate of drug-likeness (QED) is 0.828. The van der Waals surface area contributed by atoms with Crippen molar-refractivity contribution in [3.8, 4) is 0 Å². The molecule has 0 saturated carbocycles. The van der Waals surface area contributed by atoms with E-state index >= 15 is 0 Å². The van der Waals surface area contributed by atoms with Crippen molar-refractivity contribution in [3.05, 3.63) is 65.2 Å². The zero-order valence-electron chi connectivity index (χ0n) is 10.4. The minimum Gasteiger partial charge on any atom is -0.299 e. The van der Waals surface area contributed by atoms with Crippen LogP contribution in [0.25, 0.3) is 0 Å². The van der Waals surface area contributed by atoms with Gasteiger partial charge in [0.15, 0.2) is 0 Å². The second-order valence-corrected chi connectivity index (χ2v) is 4.30. The Bertz CT molecular complexity index is 563. The predicted octanol–water partition coefficient (Wildman–Crippen LogP) is 3.25. The van der Waals surface area contributed by atoms with Gasteiger partial charge in [0, 0.05) is 5.69 Å². The topological polar surface area (TPSA) is 30.0 Å². The van der Waals surface area contributed by atoms with Crippen LogP contribution in [0.1, 0.15) is 29.8 Å². The highest BCUT2D eigenvalue weighted by Crippen LogP contribution is 2.24. The molecule has 0 N–H and O–H groups in total. The second kappa shape index (κ2) is 5.08. The van der Waals surface area contributed by atoms with E-state index in [9.17, 15) is 9.18 Å². The molecule has 18 heavy (non-hydrogen) atoms. The van der Waals surface area contributed by atoms with Crippen LogP contribution in [0.2, 0.25) is 0 Å². The fourth-order valence-electron chi connectivity index (χ4n) is 1.99. The van der Waals surface area contributed by atoms with E-state index in [1.807, 2.05) is 25.1 Å². The Morgan fingerprint density at radius 2 is 1.83 bits per heavy atom. The SMILES string of the molecule is CC(=O)C(c1ccc(F)cc1)c1cccc(C)n1. The highest BCUT2D eigenvalue weighted by atomic mass is 19.1. The van der Waals surface area contributed by atoms with Crippen LogP contribution in [0.5, 0.6) is 0 Å². The molecule has 0 spiro atoms. The van der Waals surface area contributed by atoms with Gasteiger partial charge in [-0.05, 0) is 43.7 Å². The van der Waals surface area contributed by atoms with Crippen molar-refractivity contribution in [1.82, 2.24) is 4.98 Å². The Morgan fingerprint density at radius 1 is 1.17 bits per heavy atom. The highest BCUT2D eigenvalue weighted by Gasteiger charge is 2.20. The third-order valence-electron chi connectivity index (χ3n) is 2.82. The summed E-state index contributed by atoms with van der Waals surface area (Å²) in [7, 11) is 0. The van der Waals surface area contributed by atoms with Gasteiger partial charge in [-0.25, -0.2) is 4.39 Å². The monoisotopic (exact) mass is 243 g/mol. The molecule has 0 bridgehead atoms. The summed E-state index contributed by atoms with van der Waals surface area (Å²) in [6, 6.07) is 11.6. The van der Waals surface area contributed by atoms with Gasteiger partial charge in [0.1, 0.15) is 11.6 Å². The summed E-state index contributed by atoms with van der Waals surface area (Å²) >= 11 is 0. The molecule has 0 fully saturated rings. The number of rotatable bonds is 3. The standard InChI is InChI=1S/C15H14FNO/c1-10-4-3-5-14(17-10)15(11(2)18)12-6-8-13(16)9-7-12/h3-9,15H,1-2H3. The second-order valence-electron chi connectivity index (χ2n) is 4.30. The fourth-order valence-corrected chi connectivity index (χ4v) is 1.99. The molecular formula is C15H14FNO. The molecule has 0 aliphatic rings. The number of nitrogens with zero attached hydrogens (tertiary/aromatic N) is 1. The molecule has 1 aromatic carbocycles. The maximum absolute atomic E-state index is 12.9. The maximum atomic E-state index is 12.9. The number of Topliss-reactive ketones (excluding diaryl/α,β-unsaturated/α-hetero) is 1. The Kier molecular flexibility index (Phi) is 3.51. The zero-order chi connectivity index (χ0) is 13.1. The normalized spacial score (nSPS) is 12.2. The van der Waals surface area contributed by atoms with Crippen LogP contribution in [0.15, 0.2) is 42.5 Å². The molecule has 1 unspecified atom stereocenters. The number of pyridine rings is 1. The third-order valence-corrected chi connectivity index (χ3v) is 2.82. The van der Waals surface area contributed by atoms with Gasteiger partial charge >= 0.3 is 0 Å². The molecule has 3 heteroatoms. The van der Waals surface area contributed by atoms with Gasteiger partial charge in [0.25, 0.3) is 0 Å². The van der Waals surface area contributed by atoms with Crippen LogP contribution >= 0.6 is 0 Å². The number of aromatic nitrogens is 1. The van der Waals surface area contributed by atoms with Crippen molar-refractivity contribution < 1.29 is 9.18 Å². The maximum Gasteiger partial charge on any atom is 0.143 e. The minimum atomic E-state index is -0.425. The van der Waals surface area contributed by atoms with E-state index in [-0.39, 0.29) is 11.6 Å². The molecule has 1 atom stereocenters. The number of aryl methyl sites for hydroxylation is 1. The average Bonchev–Trinajstić information content (AvgIpc) is 2.32. The smallest absolute Gasteiger partial charge is 0.143 e.